The average Bonchev–Trinajstić information content (AvgIpc) is 3.58. The minimum Gasteiger partial charge on any atom is -0.371 e. The first kappa shape index (κ1) is 22.0. The molecular weight excluding hydrogens is 454 g/mol. The van der Waals surface area contributed by atoms with E-state index in [1.807, 2.05) is 60.7 Å². The first-order valence-electron chi connectivity index (χ1n) is 12.1. The fraction of sp³-hybridized carbons (Fsp3) is 0.222. The van der Waals surface area contributed by atoms with E-state index in [0.29, 0.717) is 29.2 Å². The van der Waals surface area contributed by atoms with Gasteiger partial charge in [-0.15, -0.1) is 10.2 Å². The number of aromatic nitrogens is 4. The minimum absolute atomic E-state index is 0.0928. The van der Waals surface area contributed by atoms with Gasteiger partial charge in [-0.05, 0) is 72.5 Å². The molecule has 1 saturated heterocycles. The number of nitrogens with zero attached hydrogens (tertiary/aromatic N) is 5. The summed E-state index contributed by atoms with van der Waals surface area (Å²) < 4.78 is 0. The number of hydrogen-bond donors (Lipinski definition) is 2. The van der Waals surface area contributed by atoms with Gasteiger partial charge in [0.05, 0.1) is 12.1 Å². The highest BCUT2D eigenvalue weighted by Gasteiger charge is 2.30. The summed E-state index contributed by atoms with van der Waals surface area (Å²) in [6, 6.07) is 20.7. The van der Waals surface area contributed by atoms with Crippen LogP contribution in [-0.4, -0.2) is 45.5 Å². The highest BCUT2D eigenvalue weighted by molar-refractivity contribution is 6.12. The summed E-state index contributed by atoms with van der Waals surface area (Å²) in [5.41, 5.74) is 5.20. The monoisotopic (exact) mass is 479 g/mol. The van der Waals surface area contributed by atoms with Crippen LogP contribution >= 0.6 is 0 Å². The lowest BCUT2D eigenvalue weighted by Gasteiger charge is -2.31. The molecule has 0 spiro atoms. The Balaban J connectivity index is 1.33. The maximum Gasteiger partial charge on any atom is 0.258 e. The molecule has 36 heavy (non-hydrogen) atoms. The number of anilines is 3. The lowest BCUT2D eigenvalue weighted by atomic mass is 10.1. The van der Waals surface area contributed by atoms with Crippen molar-refractivity contribution in [3.63, 3.8) is 0 Å². The second-order valence-electron chi connectivity index (χ2n) is 9.07. The Morgan fingerprint density at radius 2 is 1.78 bits per heavy atom. The Labute approximate surface area is 208 Å². The SMILES string of the molecule is O=C(Nc1ccccc1)c1cc(N2Cc3cc(-c4nn[nH]n4)ccc3C2=O)ccc1N1CCCCC1. The first-order valence-corrected chi connectivity index (χ1v) is 12.1. The molecule has 0 bridgehead atoms. The third kappa shape index (κ3) is 4.08. The van der Waals surface area contributed by atoms with Gasteiger partial charge in [-0.2, -0.15) is 5.21 Å². The van der Waals surface area contributed by atoms with Crippen molar-refractivity contribution < 1.29 is 9.59 Å². The van der Waals surface area contributed by atoms with Crippen LogP contribution in [0.25, 0.3) is 11.4 Å². The summed E-state index contributed by atoms with van der Waals surface area (Å²) in [7, 11) is 0. The third-order valence-electron chi connectivity index (χ3n) is 6.78. The molecule has 1 fully saturated rings. The molecule has 0 aliphatic carbocycles. The molecule has 9 heteroatoms. The van der Waals surface area contributed by atoms with Gasteiger partial charge in [0.2, 0.25) is 5.82 Å². The predicted molar refractivity (Wildman–Crippen MR) is 137 cm³/mol. The Kier molecular flexibility index (Phi) is 5.65. The second-order valence-corrected chi connectivity index (χ2v) is 9.07. The van der Waals surface area contributed by atoms with E-state index in [0.717, 1.165) is 48.4 Å². The number of benzene rings is 3. The van der Waals surface area contributed by atoms with Crippen molar-refractivity contribution in [3.8, 4) is 11.4 Å². The zero-order valence-corrected chi connectivity index (χ0v) is 19.6. The topological polar surface area (TPSA) is 107 Å². The molecule has 1 aromatic heterocycles. The Hall–Kier alpha value is -4.53. The molecule has 9 nitrogen and oxygen atoms in total. The van der Waals surface area contributed by atoms with Crippen LogP contribution in [0.2, 0.25) is 0 Å². The van der Waals surface area contributed by atoms with E-state index in [1.165, 1.54) is 6.42 Å². The van der Waals surface area contributed by atoms with Gasteiger partial charge in [-0.25, -0.2) is 0 Å². The number of fused-ring (bicyclic) bond motifs is 1. The number of H-pyrrole nitrogens is 1. The van der Waals surface area contributed by atoms with E-state index in [9.17, 15) is 9.59 Å². The van der Waals surface area contributed by atoms with E-state index in [2.05, 4.69) is 30.8 Å². The van der Waals surface area contributed by atoms with Crippen LogP contribution in [0.3, 0.4) is 0 Å². The van der Waals surface area contributed by atoms with Crippen molar-refractivity contribution in [1.29, 1.82) is 0 Å². The van der Waals surface area contributed by atoms with Crippen molar-refractivity contribution in [2.24, 2.45) is 0 Å². The normalized spacial score (nSPS) is 15.2. The number of carbonyl (C=O) groups is 2. The van der Waals surface area contributed by atoms with Crippen LogP contribution in [0, 0.1) is 0 Å². The highest BCUT2D eigenvalue weighted by Crippen LogP contribution is 2.34. The zero-order valence-electron chi connectivity index (χ0n) is 19.6. The summed E-state index contributed by atoms with van der Waals surface area (Å²) >= 11 is 0. The maximum absolute atomic E-state index is 13.5. The van der Waals surface area contributed by atoms with Crippen LogP contribution in [0.4, 0.5) is 17.1 Å². The van der Waals surface area contributed by atoms with Crippen molar-refractivity contribution in [2.45, 2.75) is 25.8 Å². The smallest absolute Gasteiger partial charge is 0.258 e. The predicted octanol–water partition coefficient (Wildman–Crippen LogP) is 4.27. The molecule has 2 aliphatic heterocycles. The molecule has 6 rings (SSSR count). The van der Waals surface area contributed by atoms with Crippen LogP contribution in [0.1, 0.15) is 45.5 Å². The summed E-state index contributed by atoms with van der Waals surface area (Å²) in [5, 5.41) is 17.2. The number of tetrazole rings is 1. The number of para-hydroxylation sites is 1. The summed E-state index contributed by atoms with van der Waals surface area (Å²) in [6.45, 7) is 2.23. The number of rotatable bonds is 5. The van der Waals surface area contributed by atoms with Gasteiger partial charge in [-0.3, -0.25) is 9.59 Å². The molecule has 0 saturated carbocycles. The van der Waals surface area contributed by atoms with Crippen molar-refractivity contribution in [1.82, 2.24) is 20.6 Å². The fourth-order valence-electron chi connectivity index (χ4n) is 4.96. The van der Waals surface area contributed by atoms with Gasteiger partial charge < -0.3 is 15.1 Å². The van der Waals surface area contributed by atoms with Crippen molar-refractivity contribution >= 4 is 28.9 Å². The van der Waals surface area contributed by atoms with Gasteiger partial charge in [-0.1, -0.05) is 24.3 Å². The molecule has 2 N–H and O–H groups in total. The van der Waals surface area contributed by atoms with Gasteiger partial charge in [0, 0.05) is 41.3 Å². The maximum atomic E-state index is 13.5. The molecule has 0 atom stereocenters. The van der Waals surface area contributed by atoms with Gasteiger partial charge in [0.1, 0.15) is 0 Å². The Morgan fingerprint density at radius 3 is 2.56 bits per heavy atom. The van der Waals surface area contributed by atoms with E-state index in [1.54, 1.807) is 11.0 Å². The number of hydrogen-bond acceptors (Lipinski definition) is 6. The van der Waals surface area contributed by atoms with E-state index in [4.69, 9.17) is 0 Å². The van der Waals surface area contributed by atoms with Crippen molar-refractivity contribution in [2.75, 3.05) is 28.2 Å². The molecule has 2 aliphatic rings. The van der Waals surface area contributed by atoms with E-state index < -0.39 is 0 Å². The zero-order chi connectivity index (χ0) is 24.5. The van der Waals surface area contributed by atoms with Gasteiger partial charge in [0.25, 0.3) is 11.8 Å². The number of aromatic amines is 1. The van der Waals surface area contributed by atoms with Crippen LogP contribution in [0.5, 0.6) is 0 Å². The van der Waals surface area contributed by atoms with Gasteiger partial charge >= 0.3 is 0 Å². The minimum atomic E-state index is -0.188. The first-order chi connectivity index (χ1) is 17.7. The number of piperidine rings is 1. The molecule has 0 radical (unpaired) electrons. The van der Waals surface area contributed by atoms with Crippen LogP contribution in [0.15, 0.2) is 66.7 Å². The average molecular weight is 480 g/mol. The van der Waals surface area contributed by atoms with E-state index >= 15 is 0 Å². The van der Waals surface area contributed by atoms with Crippen molar-refractivity contribution in [3.05, 3.63) is 83.4 Å². The summed E-state index contributed by atoms with van der Waals surface area (Å²) in [4.78, 5) is 30.8. The molecular formula is C27H25N7O2. The molecule has 0 unspecified atom stereocenters. The lowest BCUT2D eigenvalue weighted by molar-refractivity contribution is 0.0992. The standard InChI is InChI=1S/C27H25N7O2/c35-26(28-20-7-3-1-4-8-20)23-16-21(10-12-24(23)33-13-5-2-6-14-33)34-17-19-15-18(25-29-31-32-30-25)9-11-22(19)27(34)36/h1,3-4,7-12,15-16H,2,5-6,13-14,17H2,(H,28,35)(H,29,30,31,32). The van der Waals surface area contributed by atoms with Crippen LogP contribution in [-0.2, 0) is 6.54 Å². The third-order valence-corrected chi connectivity index (χ3v) is 6.78. The summed E-state index contributed by atoms with van der Waals surface area (Å²) in [6.07, 6.45) is 3.40. The second kappa shape index (κ2) is 9.26. The largest absolute Gasteiger partial charge is 0.371 e. The van der Waals surface area contributed by atoms with Crippen LogP contribution < -0.4 is 15.1 Å². The number of carbonyl (C=O) groups excluding carboxylic acids is 2. The van der Waals surface area contributed by atoms with Gasteiger partial charge in [0.15, 0.2) is 0 Å². The fourth-order valence-corrected chi connectivity index (χ4v) is 4.96. The number of nitrogens with one attached hydrogen (secondary N) is 2. The highest BCUT2D eigenvalue weighted by atomic mass is 16.2. The summed E-state index contributed by atoms with van der Waals surface area (Å²) in [5.74, 6) is 0.200. The molecule has 4 aromatic rings. The molecule has 180 valence electrons. The Bertz CT molecular complexity index is 1410. The quantitative estimate of drug-likeness (QED) is 0.443. The Morgan fingerprint density at radius 1 is 0.944 bits per heavy atom. The lowest BCUT2D eigenvalue weighted by Crippen LogP contribution is -2.32. The van der Waals surface area contributed by atoms with E-state index in [-0.39, 0.29) is 11.8 Å². The molecule has 2 amide bonds. The molecule has 3 heterocycles. The molecule has 3 aromatic carbocycles. The number of amides is 2.